The molecule has 1 fully saturated rings. The maximum absolute atomic E-state index is 13.3. The van der Waals surface area contributed by atoms with E-state index in [0.717, 1.165) is 73.0 Å². The highest BCUT2D eigenvalue weighted by atomic mass is 35.5. The second-order valence-corrected chi connectivity index (χ2v) is 12.2. The van der Waals surface area contributed by atoms with Crippen molar-refractivity contribution < 1.29 is 23.8 Å². The molecule has 2 aliphatic heterocycles. The van der Waals surface area contributed by atoms with Crippen LogP contribution in [0.5, 0.6) is 5.88 Å². The molecule has 3 heterocycles. The lowest BCUT2D eigenvalue weighted by molar-refractivity contribution is 0.0364. The van der Waals surface area contributed by atoms with Crippen molar-refractivity contribution in [2.24, 2.45) is 5.92 Å². The lowest BCUT2D eigenvalue weighted by Crippen LogP contribution is -2.35. The molecule has 0 amide bonds. The van der Waals surface area contributed by atoms with Crippen molar-refractivity contribution in [1.29, 1.82) is 0 Å². The second-order valence-electron chi connectivity index (χ2n) is 12.2. The molecule has 242 valence electrons. The molecule has 0 unspecified atom stereocenters. The summed E-state index contributed by atoms with van der Waals surface area (Å²) < 4.78 is 19.5. The standard InChI is InChI=1S/C39H38N2O5.ClH/c42-38(45-26-29-9-2-1-3-10-29)33-12-5-4-11-32(33)31-17-15-28(16-18-31)25-40-22-19-30(20-23-40)27-46-39(43)36-34-13-6-7-14-35(34)41-21-8-24-44-37(36)41;/h1-7,9-18,30H,8,19-27H2;1H. The molecule has 0 N–H and O–H groups in total. The molecule has 0 atom stereocenters. The summed E-state index contributed by atoms with van der Waals surface area (Å²) in [4.78, 5) is 28.7. The number of para-hydroxylation sites is 1. The van der Waals surface area contributed by atoms with Gasteiger partial charge in [-0.25, -0.2) is 9.59 Å². The number of benzene rings is 4. The third-order valence-electron chi connectivity index (χ3n) is 9.08. The summed E-state index contributed by atoms with van der Waals surface area (Å²) in [7, 11) is 0. The first-order valence-corrected chi connectivity index (χ1v) is 16.2. The zero-order valence-corrected chi connectivity index (χ0v) is 27.1. The molecule has 0 bridgehead atoms. The molecule has 0 radical (unpaired) electrons. The molecule has 0 aliphatic carbocycles. The van der Waals surface area contributed by atoms with E-state index >= 15 is 0 Å². The number of aromatic nitrogens is 1. The normalized spacial score (nSPS) is 14.9. The number of ether oxygens (including phenoxy) is 3. The lowest BCUT2D eigenvalue weighted by atomic mass is 9.96. The van der Waals surface area contributed by atoms with Gasteiger partial charge in [-0.05, 0) is 72.7 Å². The number of aryl methyl sites for hydroxylation is 1. The number of hydrogen-bond donors (Lipinski definition) is 0. The molecule has 0 saturated carbocycles. The van der Waals surface area contributed by atoms with Gasteiger partial charge < -0.3 is 18.8 Å². The van der Waals surface area contributed by atoms with Crippen LogP contribution < -0.4 is 4.74 Å². The Morgan fingerprint density at radius 1 is 0.745 bits per heavy atom. The Morgan fingerprint density at radius 3 is 2.28 bits per heavy atom. The van der Waals surface area contributed by atoms with Crippen LogP contribution in [0, 0.1) is 5.92 Å². The predicted molar refractivity (Wildman–Crippen MR) is 185 cm³/mol. The highest BCUT2D eigenvalue weighted by Crippen LogP contribution is 2.35. The summed E-state index contributed by atoms with van der Waals surface area (Å²) >= 11 is 0. The number of piperidine rings is 1. The number of carbonyl (C=O) groups is 2. The number of likely N-dealkylation sites (tertiary alicyclic amines) is 1. The molecule has 0 spiro atoms. The van der Waals surface area contributed by atoms with Crippen LogP contribution in [0.1, 0.15) is 51.1 Å². The van der Waals surface area contributed by atoms with E-state index in [-0.39, 0.29) is 31.0 Å². The van der Waals surface area contributed by atoms with E-state index in [4.69, 9.17) is 14.2 Å². The minimum absolute atomic E-state index is 0. The molecular formula is C39H39ClN2O5. The van der Waals surface area contributed by atoms with Gasteiger partial charge in [0.1, 0.15) is 12.2 Å². The average Bonchev–Trinajstić information content (AvgIpc) is 3.45. The van der Waals surface area contributed by atoms with Crippen molar-refractivity contribution in [3.63, 3.8) is 0 Å². The molecule has 47 heavy (non-hydrogen) atoms. The zero-order valence-electron chi connectivity index (χ0n) is 26.3. The van der Waals surface area contributed by atoms with Crippen molar-refractivity contribution in [1.82, 2.24) is 9.47 Å². The summed E-state index contributed by atoms with van der Waals surface area (Å²) in [5.74, 6) is 0.364. The van der Waals surface area contributed by atoms with E-state index in [2.05, 4.69) is 33.7 Å². The maximum Gasteiger partial charge on any atom is 0.344 e. The van der Waals surface area contributed by atoms with Crippen molar-refractivity contribution in [3.8, 4) is 17.0 Å². The van der Waals surface area contributed by atoms with E-state index in [9.17, 15) is 9.59 Å². The Hall–Kier alpha value is -4.59. The molecule has 7 rings (SSSR count). The number of rotatable bonds is 9. The fraction of sp³-hybridized carbons (Fsp3) is 0.282. The Morgan fingerprint density at radius 2 is 1.47 bits per heavy atom. The van der Waals surface area contributed by atoms with Crippen LogP contribution in [0.2, 0.25) is 0 Å². The van der Waals surface area contributed by atoms with Crippen LogP contribution >= 0.6 is 12.4 Å². The molecule has 5 aromatic rings. The fourth-order valence-electron chi connectivity index (χ4n) is 6.58. The Kier molecular flexibility index (Phi) is 10.2. The first kappa shape index (κ1) is 32.4. The number of carbonyl (C=O) groups excluding carboxylic acids is 2. The minimum Gasteiger partial charge on any atom is -0.478 e. The quantitative estimate of drug-likeness (QED) is 0.151. The number of nitrogens with zero attached hydrogens (tertiary/aromatic N) is 2. The van der Waals surface area contributed by atoms with Crippen LogP contribution in [-0.4, -0.2) is 47.7 Å². The van der Waals surface area contributed by atoms with E-state index < -0.39 is 0 Å². The van der Waals surface area contributed by atoms with Gasteiger partial charge in [-0.3, -0.25) is 4.90 Å². The van der Waals surface area contributed by atoms with Crippen molar-refractivity contribution >= 4 is 35.2 Å². The summed E-state index contributed by atoms with van der Waals surface area (Å²) in [6.45, 7) is 4.90. The van der Waals surface area contributed by atoms with Crippen LogP contribution in [0.25, 0.3) is 22.0 Å². The lowest BCUT2D eigenvalue weighted by Gasteiger charge is -2.31. The third-order valence-corrected chi connectivity index (χ3v) is 9.08. The monoisotopic (exact) mass is 650 g/mol. The van der Waals surface area contributed by atoms with Gasteiger partial charge in [0.15, 0.2) is 0 Å². The fourth-order valence-corrected chi connectivity index (χ4v) is 6.58. The first-order chi connectivity index (χ1) is 22.6. The Balaban J connectivity index is 0.00000386. The number of esters is 2. The van der Waals surface area contributed by atoms with E-state index in [1.54, 1.807) is 0 Å². The topological polar surface area (TPSA) is 70.0 Å². The van der Waals surface area contributed by atoms with Crippen LogP contribution in [0.3, 0.4) is 0 Å². The van der Waals surface area contributed by atoms with Crippen molar-refractivity contribution in [2.45, 2.75) is 39.0 Å². The Bertz CT molecular complexity index is 1830. The van der Waals surface area contributed by atoms with E-state index in [1.165, 1.54) is 5.56 Å². The SMILES string of the molecule is Cl.O=C(OCc1ccccc1)c1ccccc1-c1ccc(CN2CCC(COC(=O)c3c4n(c5ccccc35)CCCO4)CC2)cc1. The smallest absolute Gasteiger partial charge is 0.344 e. The van der Waals surface area contributed by atoms with E-state index in [0.29, 0.717) is 36.1 Å². The molecular weight excluding hydrogens is 612 g/mol. The van der Waals surface area contributed by atoms with Gasteiger partial charge in [0, 0.05) is 18.5 Å². The van der Waals surface area contributed by atoms with Crippen LogP contribution in [0.15, 0.2) is 103 Å². The molecule has 1 aromatic heterocycles. The number of fused-ring (bicyclic) bond motifs is 3. The number of halogens is 1. The van der Waals surface area contributed by atoms with Crippen LogP contribution in [-0.2, 0) is 29.2 Å². The summed E-state index contributed by atoms with van der Waals surface area (Å²) in [5.41, 5.74) is 6.18. The minimum atomic E-state index is -0.327. The van der Waals surface area contributed by atoms with Gasteiger partial charge in [-0.15, -0.1) is 12.4 Å². The van der Waals surface area contributed by atoms with Gasteiger partial charge in [-0.2, -0.15) is 0 Å². The molecule has 1 saturated heterocycles. The van der Waals surface area contributed by atoms with Gasteiger partial charge in [-0.1, -0.05) is 91.0 Å². The molecule has 2 aliphatic rings. The van der Waals surface area contributed by atoms with Crippen LogP contribution in [0.4, 0.5) is 0 Å². The van der Waals surface area contributed by atoms with Gasteiger partial charge in [0.05, 0.1) is 24.3 Å². The first-order valence-electron chi connectivity index (χ1n) is 16.2. The largest absolute Gasteiger partial charge is 0.478 e. The highest BCUT2D eigenvalue weighted by Gasteiger charge is 2.28. The highest BCUT2D eigenvalue weighted by molar-refractivity contribution is 6.07. The number of hydrogen-bond acceptors (Lipinski definition) is 6. The van der Waals surface area contributed by atoms with Gasteiger partial charge in [0.25, 0.3) is 0 Å². The predicted octanol–water partition coefficient (Wildman–Crippen LogP) is 7.94. The molecule has 7 nitrogen and oxygen atoms in total. The third kappa shape index (κ3) is 7.22. The summed E-state index contributed by atoms with van der Waals surface area (Å²) in [6, 6.07) is 33.7. The van der Waals surface area contributed by atoms with E-state index in [1.807, 2.05) is 78.9 Å². The summed E-state index contributed by atoms with van der Waals surface area (Å²) in [5, 5.41) is 0.900. The average molecular weight is 651 g/mol. The molecule has 4 aromatic carbocycles. The zero-order chi connectivity index (χ0) is 31.3. The second kappa shape index (κ2) is 14.9. The summed E-state index contributed by atoms with van der Waals surface area (Å²) in [6.07, 6.45) is 2.90. The van der Waals surface area contributed by atoms with Crippen molar-refractivity contribution in [3.05, 3.63) is 125 Å². The van der Waals surface area contributed by atoms with Crippen molar-refractivity contribution in [2.75, 3.05) is 26.3 Å². The Labute approximate surface area is 281 Å². The van der Waals surface area contributed by atoms with Gasteiger partial charge >= 0.3 is 11.9 Å². The van der Waals surface area contributed by atoms with Gasteiger partial charge in [0.2, 0.25) is 5.88 Å². The molecule has 8 heteroatoms. The maximum atomic E-state index is 13.3.